The molecule has 0 aliphatic rings. The average Bonchev–Trinajstić information content (AvgIpc) is 2.34. The Morgan fingerprint density at radius 1 is 1.18 bits per heavy atom. The Hall–Kier alpha value is -1.39. The number of methoxy groups -OCH3 is 1. The molecule has 4 nitrogen and oxygen atoms in total. The van der Waals surface area contributed by atoms with E-state index in [1.807, 2.05) is 12.1 Å². The molecule has 0 fully saturated rings. The van der Waals surface area contributed by atoms with Crippen LogP contribution in [0.25, 0.3) is 0 Å². The molecule has 0 bridgehead atoms. The molecule has 94 valence electrons. The minimum absolute atomic E-state index is 0.228. The van der Waals surface area contributed by atoms with Crippen LogP contribution in [0.15, 0.2) is 24.3 Å². The summed E-state index contributed by atoms with van der Waals surface area (Å²) in [5.41, 5.74) is 1.66. The molecule has 0 atom stereocenters. The maximum Gasteiger partial charge on any atom is 0.373 e. The topological polar surface area (TPSA) is 44.8 Å². The van der Waals surface area contributed by atoms with E-state index in [0.717, 1.165) is 0 Å². The van der Waals surface area contributed by atoms with Crippen molar-refractivity contribution in [1.82, 2.24) is 0 Å². The van der Waals surface area contributed by atoms with Crippen LogP contribution < -0.4 is 0 Å². The first kappa shape index (κ1) is 13.7. The molecule has 0 heterocycles. The molecule has 0 spiro atoms. The third-order valence-electron chi connectivity index (χ3n) is 2.32. The molecule has 0 saturated carbocycles. The normalized spacial score (nSPS) is 10.6. The number of carbonyl (C=O) groups is 1. The second-order valence-corrected chi connectivity index (χ2v) is 3.96. The Kier molecular flexibility index (Phi) is 5.66. The predicted octanol–water partition coefficient (Wildman–Crippen LogP) is 2.54. The van der Waals surface area contributed by atoms with Gasteiger partial charge in [-0.15, -0.1) is 0 Å². The molecule has 0 N–H and O–H groups in total. The fourth-order valence-electron chi connectivity index (χ4n) is 1.26. The Balaban J connectivity index is 2.46. The molecule has 1 aromatic carbocycles. The van der Waals surface area contributed by atoms with Crippen molar-refractivity contribution in [3.05, 3.63) is 35.4 Å². The van der Waals surface area contributed by atoms with E-state index in [2.05, 4.69) is 18.7 Å². The summed E-state index contributed by atoms with van der Waals surface area (Å²) in [6.45, 7) is 4.81. The molecule has 0 aliphatic heterocycles. The van der Waals surface area contributed by atoms with Crippen molar-refractivity contribution >= 4 is 5.97 Å². The van der Waals surface area contributed by atoms with Crippen LogP contribution in [0.2, 0.25) is 0 Å². The molecular weight excluding hydrogens is 220 g/mol. The zero-order chi connectivity index (χ0) is 12.7. The van der Waals surface area contributed by atoms with Crippen molar-refractivity contribution in [1.29, 1.82) is 0 Å². The van der Waals surface area contributed by atoms with Crippen LogP contribution in [0.1, 0.15) is 35.7 Å². The van der Waals surface area contributed by atoms with Gasteiger partial charge in [-0.25, -0.2) is 4.79 Å². The SMILES string of the molecule is COCCOOC(=O)c1ccc(C(C)C)cc1. The number of rotatable bonds is 6. The van der Waals surface area contributed by atoms with E-state index in [9.17, 15) is 4.79 Å². The zero-order valence-corrected chi connectivity index (χ0v) is 10.4. The van der Waals surface area contributed by atoms with Crippen LogP contribution in [0, 0.1) is 0 Å². The van der Waals surface area contributed by atoms with Crippen LogP contribution in [0.4, 0.5) is 0 Å². The third-order valence-corrected chi connectivity index (χ3v) is 2.32. The van der Waals surface area contributed by atoms with Crippen LogP contribution in [-0.4, -0.2) is 26.3 Å². The lowest BCUT2D eigenvalue weighted by Crippen LogP contribution is -2.09. The quantitative estimate of drug-likeness (QED) is 0.434. The largest absolute Gasteiger partial charge is 0.382 e. The molecule has 1 aromatic rings. The molecule has 4 heteroatoms. The van der Waals surface area contributed by atoms with E-state index in [-0.39, 0.29) is 6.61 Å². The van der Waals surface area contributed by atoms with Gasteiger partial charge in [0.05, 0.1) is 12.2 Å². The van der Waals surface area contributed by atoms with Crippen LogP contribution in [0.5, 0.6) is 0 Å². The Labute approximate surface area is 101 Å². The molecule has 0 aliphatic carbocycles. The third kappa shape index (κ3) is 4.54. The van der Waals surface area contributed by atoms with Crippen LogP contribution in [-0.2, 0) is 14.5 Å². The van der Waals surface area contributed by atoms with Crippen molar-refractivity contribution in [3.63, 3.8) is 0 Å². The highest BCUT2D eigenvalue weighted by Crippen LogP contribution is 2.15. The monoisotopic (exact) mass is 238 g/mol. The second-order valence-electron chi connectivity index (χ2n) is 3.96. The first-order valence-corrected chi connectivity index (χ1v) is 5.58. The van der Waals surface area contributed by atoms with Crippen molar-refractivity contribution in [2.75, 3.05) is 20.3 Å². The highest BCUT2D eigenvalue weighted by atomic mass is 17.2. The molecular formula is C13H18O4. The van der Waals surface area contributed by atoms with Gasteiger partial charge in [0.2, 0.25) is 0 Å². The van der Waals surface area contributed by atoms with Gasteiger partial charge in [-0.05, 0) is 23.6 Å². The highest BCUT2D eigenvalue weighted by molar-refractivity contribution is 5.88. The lowest BCUT2D eigenvalue weighted by molar-refractivity contribution is -0.246. The smallest absolute Gasteiger partial charge is 0.373 e. The molecule has 0 radical (unpaired) electrons. The first-order valence-electron chi connectivity index (χ1n) is 5.58. The molecule has 0 saturated heterocycles. The number of hydrogen-bond acceptors (Lipinski definition) is 4. The average molecular weight is 238 g/mol. The summed E-state index contributed by atoms with van der Waals surface area (Å²) in [6.07, 6.45) is 0. The molecule has 0 aromatic heterocycles. The first-order chi connectivity index (χ1) is 8.15. The Bertz CT molecular complexity index is 343. The summed E-state index contributed by atoms with van der Waals surface area (Å²) in [6, 6.07) is 7.29. The zero-order valence-electron chi connectivity index (χ0n) is 10.4. The van der Waals surface area contributed by atoms with Gasteiger partial charge in [0.25, 0.3) is 0 Å². The van der Waals surface area contributed by atoms with Gasteiger partial charge in [0.15, 0.2) is 0 Å². The predicted molar refractivity (Wildman–Crippen MR) is 63.8 cm³/mol. The van der Waals surface area contributed by atoms with Crippen LogP contribution >= 0.6 is 0 Å². The maximum absolute atomic E-state index is 11.5. The fourth-order valence-corrected chi connectivity index (χ4v) is 1.26. The fraction of sp³-hybridized carbons (Fsp3) is 0.462. The number of hydrogen-bond donors (Lipinski definition) is 0. The number of carbonyl (C=O) groups excluding carboxylic acids is 1. The van der Waals surface area contributed by atoms with Gasteiger partial charge in [0.1, 0.15) is 6.61 Å². The van der Waals surface area contributed by atoms with E-state index in [0.29, 0.717) is 18.1 Å². The van der Waals surface area contributed by atoms with E-state index in [1.54, 1.807) is 19.2 Å². The van der Waals surface area contributed by atoms with E-state index >= 15 is 0 Å². The molecule has 17 heavy (non-hydrogen) atoms. The van der Waals surface area contributed by atoms with Gasteiger partial charge >= 0.3 is 5.97 Å². The summed E-state index contributed by atoms with van der Waals surface area (Å²) >= 11 is 0. The van der Waals surface area contributed by atoms with Crippen molar-refractivity contribution in [3.8, 4) is 0 Å². The Morgan fingerprint density at radius 2 is 1.82 bits per heavy atom. The Morgan fingerprint density at radius 3 is 2.35 bits per heavy atom. The van der Waals surface area contributed by atoms with Crippen molar-refractivity contribution < 1.29 is 19.3 Å². The summed E-state index contributed by atoms with van der Waals surface area (Å²) in [4.78, 5) is 20.8. The summed E-state index contributed by atoms with van der Waals surface area (Å²) in [5.74, 6) is -0.0468. The van der Waals surface area contributed by atoms with Gasteiger partial charge in [-0.1, -0.05) is 26.0 Å². The summed E-state index contributed by atoms with van der Waals surface area (Å²) < 4.78 is 4.76. The lowest BCUT2D eigenvalue weighted by Gasteiger charge is -2.06. The van der Waals surface area contributed by atoms with Crippen LogP contribution in [0.3, 0.4) is 0 Å². The van der Waals surface area contributed by atoms with Crippen molar-refractivity contribution in [2.24, 2.45) is 0 Å². The van der Waals surface area contributed by atoms with Gasteiger partial charge in [-0.2, -0.15) is 4.89 Å². The summed E-state index contributed by atoms with van der Waals surface area (Å²) in [7, 11) is 1.55. The van der Waals surface area contributed by atoms with Gasteiger partial charge in [0, 0.05) is 7.11 Å². The second kappa shape index (κ2) is 7.04. The molecule has 1 rings (SSSR count). The standard InChI is InChI=1S/C13H18O4/c1-10(2)11-4-6-12(7-5-11)13(14)17-16-9-8-15-3/h4-7,10H,8-9H2,1-3H3. The highest BCUT2D eigenvalue weighted by Gasteiger charge is 2.08. The molecule has 0 amide bonds. The minimum Gasteiger partial charge on any atom is -0.382 e. The molecule has 0 unspecified atom stereocenters. The van der Waals surface area contributed by atoms with Gasteiger partial charge < -0.3 is 4.74 Å². The summed E-state index contributed by atoms with van der Waals surface area (Å²) in [5, 5.41) is 0. The lowest BCUT2D eigenvalue weighted by atomic mass is 10.0. The maximum atomic E-state index is 11.5. The number of ether oxygens (including phenoxy) is 1. The van der Waals surface area contributed by atoms with E-state index in [4.69, 9.17) is 9.62 Å². The van der Waals surface area contributed by atoms with E-state index in [1.165, 1.54) is 5.56 Å². The van der Waals surface area contributed by atoms with E-state index < -0.39 is 5.97 Å². The minimum atomic E-state index is -0.489. The number of benzene rings is 1. The van der Waals surface area contributed by atoms with Gasteiger partial charge in [-0.3, -0.25) is 4.89 Å². The van der Waals surface area contributed by atoms with Crippen molar-refractivity contribution in [2.45, 2.75) is 19.8 Å².